The molecule has 2 rings (SSSR count). The zero-order valence-corrected chi connectivity index (χ0v) is 19.0. The fourth-order valence-corrected chi connectivity index (χ4v) is 4.63. The van der Waals surface area contributed by atoms with Crippen molar-refractivity contribution in [1.29, 1.82) is 5.26 Å². The van der Waals surface area contributed by atoms with Crippen LogP contribution in [0.4, 0.5) is 17.6 Å². The van der Waals surface area contributed by atoms with Crippen LogP contribution < -0.4 is 10.4 Å². The van der Waals surface area contributed by atoms with E-state index in [4.69, 9.17) is 0 Å². The third-order valence-corrected chi connectivity index (χ3v) is 6.22. The SMILES string of the molecule is CCCC1NC(C)=C(C#N)C(c2ccc(F)cc2C(F)(F)F)C1(CCC(C)(C)C)C(=O)[O-]. The summed E-state index contributed by atoms with van der Waals surface area (Å²) in [5.74, 6) is -4.04. The molecular weight excluding hydrogens is 424 g/mol. The molecule has 8 heteroatoms. The number of hydrogen-bond acceptors (Lipinski definition) is 4. The Balaban J connectivity index is 2.94. The van der Waals surface area contributed by atoms with Gasteiger partial charge in [0.05, 0.1) is 23.2 Å². The van der Waals surface area contributed by atoms with Gasteiger partial charge < -0.3 is 15.2 Å². The van der Waals surface area contributed by atoms with Gasteiger partial charge in [0.1, 0.15) is 5.82 Å². The Hall–Kier alpha value is -2.56. The summed E-state index contributed by atoms with van der Waals surface area (Å²) in [7, 11) is 0. The fourth-order valence-electron chi connectivity index (χ4n) is 4.63. The number of hydrogen-bond donors (Lipinski definition) is 1. The van der Waals surface area contributed by atoms with Gasteiger partial charge in [0.25, 0.3) is 0 Å². The van der Waals surface area contributed by atoms with Crippen molar-refractivity contribution in [2.75, 3.05) is 0 Å². The average molecular weight is 454 g/mol. The van der Waals surface area contributed by atoms with E-state index in [2.05, 4.69) is 5.32 Å². The molecule has 0 fully saturated rings. The highest BCUT2D eigenvalue weighted by Crippen LogP contribution is 2.54. The molecule has 0 spiro atoms. The van der Waals surface area contributed by atoms with E-state index in [1.807, 2.05) is 33.8 Å². The minimum Gasteiger partial charge on any atom is -0.549 e. The van der Waals surface area contributed by atoms with Crippen molar-refractivity contribution in [3.05, 3.63) is 46.4 Å². The molecule has 1 aromatic rings. The molecule has 0 amide bonds. The zero-order valence-electron chi connectivity index (χ0n) is 19.0. The first kappa shape index (κ1) is 25.7. The van der Waals surface area contributed by atoms with Crippen molar-refractivity contribution in [3.8, 4) is 6.07 Å². The van der Waals surface area contributed by atoms with Crippen LogP contribution in [0.3, 0.4) is 0 Å². The zero-order chi connectivity index (χ0) is 24.5. The highest BCUT2D eigenvalue weighted by Gasteiger charge is 2.54. The van der Waals surface area contributed by atoms with Crippen LogP contribution in [0.25, 0.3) is 0 Å². The minimum atomic E-state index is -4.93. The number of carboxylic acid groups (broad SMARTS) is 1. The van der Waals surface area contributed by atoms with Crippen LogP contribution in [0.2, 0.25) is 0 Å². The van der Waals surface area contributed by atoms with E-state index in [-0.39, 0.29) is 17.4 Å². The van der Waals surface area contributed by atoms with Crippen LogP contribution in [0.1, 0.15) is 77.3 Å². The number of halogens is 4. The fraction of sp³-hybridized carbons (Fsp3) is 0.583. The first-order valence-corrected chi connectivity index (χ1v) is 10.6. The Morgan fingerprint density at radius 1 is 1.28 bits per heavy atom. The third kappa shape index (κ3) is 4.92. The molecule has 0 aromatic heterocycles. The lowest BCUT2D eigenvalue weighted by Gasteiger charge is -2.52. The molecule has 0 aliphatic carbocycles. The maximum absolute atomic E-state index is 13.9. The topological polar surface area (TPSA) is 76.0 Å². The molecule has 1 aliphatic rings. The lowest BCUT2D eigenvalue weighted by molar-refractivity contribution is -0.323. The molecule has 1 aromatic carbocycles. The van der Waals surface area contributed by atoms with E-state index in [1.165, 1.54) is 0 Å². The molecular formula is C24H29F4N2O2-. The van der Waals surface area contributed by atoms with Crippen LogP contribution in [0.15, 0.2) is 29.5 Å². The molecule has 0 bridgehead atoms. The predicted octanol–water partition coefficient (Wildman–Crippen LogP) is 5.06. The highest BCUT2D eigenvalue weighted by molar-refractivity contribution is 5.78. The molecule has 32 heavy (non-hydrogen) atoms. The van der Waals surface area contributed by atoms with E-state index in [0.717, 1.165) is 12.1 Å². The van der Waals surface area contributed by atoms with Gasteiger partial charge in [-0.25, -0.2) is 4.39 Å². The monoisotopic (exact) mass is 453 g/mol. The molecule has 4 nitrogen and oxygen atoms in total. The van der Waals surface area contributed by atoms with Gasteiger partial charge in [-0.3, -0.25) is 0 Å². The summed E-state index contributed by atoms with van der Waals surface area (Å²) in [5, 5.41) is 25.8. The van der Waals surface area contributed by atoms with Crippen molar-refractivity contribution >= 4 is 5.97 Å². The highest BCUT2D eigenvalue weighted by atomic mass is 19.4. The van der Waals surface area contributed by atoms with E-state index < -0.39 is 46.5 Å². The van der Waals surface area contributed by atoms with Crippen LogP contribution >= 0.6 is 0 Å². The lowest BCUT2D eigenvalue weighted by atomic mass is 9.57. The van der Waals surface area contributed by atoms with Gasteiger partial charge in [-0.2, -0.15) is 18.4 Å². The molecule has 0 radical (unpaired) electrons. The minimum absolute atomic E-state index is 0.00565. The summed E-state index contributed by atoms with van der Waals surface area (Å²) >= 11 is 0. The predicted molar refractivity (Wildman–Crippen MR) is 110 cm³/mol. The van der Waals surface area contributed by atoms with Crippen LogP contribution in [0.5, 0.6) is 0 Å². The summed E-state index contributed by atoms with van der Waals surface area (Å²) in [6, 6.07) is 3.36. The number of nitrogens with zero attached hydrogens (tertiary/aromatic N) is 1. The maximum Gasteiger partial charge on any atom is 0.416 e. The number of benzene rings is 1. The number of rotatable bonds is 6. The second-order valence-electron chi connectivity index (χ2n) is 9.69. The first-order valence-electron chi connectivity index (χ1n) is 10.6. The van der Waals surface area contributed by atoms with Crippen molar-refractivity contribution < 1.29 is 27.5 Å². The standard InChI is InChI=1S/C24H30F4N2O2/c1-6-7-19-23(21(31)32,11-10-22(3,4)5)20(17(13-29)14(2)30-19)16-9-8-15(25)12-18(16)24(26,27)28/h8-9,12,19-20,30H,6-7,10-11H2,1-5H3,(H,31,32)/p-1. The number of allylic oxidation sites excluding steroid dienone is 2. The Bertz CT molecular complexity index is 941. The van der Waals surface area contributed by atoms with E-state index in [9.17, 15) is 32.7 Å². The summed E-state index contributed by atoms with van der Waals surface area (Å²) in [5.41, 5.74) is -3.63. The molecule has 3 unspecified atom stereocenters. The van der Waals surface area contributed by atoms with Gasteiger partial charge in [0, 0.05) is 23.1 Å². The van der Waals surface area contributed by atoms with Gasteiger partial charge in [-0.1, -0.05) is 40.2 Å². The van der Waals surface area contributed by atoms with Crippen LogP contribution in [0, 0.1) is 28.0 Å². The number of aliphatic carboxylic acids is 1. The lowest BCUT2D eigenvalue weighted by Crippen LogP contribution is -2.61. The van der Waals surface area contributed by atoms with Crippen LogP contribution in [-0.4, -0.2) is 12.0 Å². The third-order valence-electron chi connectivity index (χ3n) is 6.22. The average Bonchev–Trinajstić information content (AvgIpc) is 2.65. The molecule has 0 saturated carbocycles. The smallest absolute Gasteiger partial charge is 0.416 e. The largest absolute Gasteiger partial charge is 0.549 e. The quantitative estimate of drug-likeness (QED) is 0.611. The summed E-state index contributed by atoms with van der Waals surface area (Å²) < 4.78 is 55.7. The van der Waals surface area contributed by atoms with E-state index >= 15 is 0 Å². The normalized spacial score (nSPS) is 24.1. The van der Waals surface area contributed by atoms with Gasteiger partial charge in [-0.05, 0) is 49.3 Å². The number of carbonyl (C=O) groups excluding carboxylic acids is 1. The Kier molecular flexibility index (Phi) is 7.33. The van der Waals surface area contributed by atoms with E-state index in [1.54, 1.807) is 6.92 Å². The number of carboxylic acids is 1. The van der Waals surface area contributed by atoms with Gasteiger partial charge >= 0.3 is 6.18 Å². The summed E-state index contributed by atoms with van der Waals surface area (Å²) in [4.78, 5) is 12.8. The Morgan fingerprint density at radius 3 is 2.38 bits per heavy atom. The summed E-state index contributed by atoms with van der Waals surface area (Å²) in [6.45, 7) is 9.11. The number of alkyl halides is 3. The first-order chi connectivity index (χ1) is 14.7. The Morgan fingerprint density at radius 2 is 1.91 bits per heavy atom. The molecule has 1 heterocycles. The Labute approximate surface area is 186 Å². The molecule has 0 saturated heterocycles. The number of nitriles is 1. The van der Waals surface area contributed by atoms with Gasteiger partial charge in [0.2, 0.25) is 0 Å². The number of nitrogens with one attached hydrogen (secondary N) is 1. The van der Waals surface area contributed by atoms with Gasteiger partial charge in [-0.15, -0.1) is 0 Å². The maximum atomic E-state index is 13.9. The number of carbonyl (C=O) groups is 1. The van der Waals surface area contributed by atoms with Crippen molar-refractivity contribution in [1.82, 2.24) is 5.32 Å². The van der Waals surface area contributed by atoms with Crippen molar-refractivity contribution in [2.45, 2.75) is 78.4 Å². The van der Waals surface area contributed by atoms with Crippen molar-refractivity contribution in [2.24, 2.45) is 10.8 Å². The molecule has 176 valence electrons. The van der Waals surface area contributed by atoms with Gasteiger partial charge in [0.15, 0.2) is 0 Å². The molecule has 3 atom stereocenters. The second kappa shape index (κ2) is 9.13. The molecule has 1 aliphatic heterocycles. The van der Waals surface area contributed by atoms with E-state index in [0.29, 0.717) is 31.0 Å². The van der Waals surface area contributed by atoms with Crippen molar-refractivity contribution in [3.63, 3.8) is 0 Å². The second-order valence-corrected chi connectivity index (χ2v) is 9.69. The molecule has 1 N–H and O–H groups in total. The van der Waals surface area contributed by atoms with Crippen LogP contribution in [-0.2, 0) is 11.0 Å². The summed E-state index contributed by atoms with van der Waals surface area (Å²) in [6.07, 6.45) is -3.64.